The Balaban J connectivity index is 0.000000206. The molecule has 63 valence electrons. The molecule has 0 nitrogen and oxygen atoms in total. The van der Waals surface area contributed by atoms with E-state index in [2.05, 4.69) is 12.1 Å². The van der Waals surface area contributed by atoms with Gasteiger partial charge in [-0.15, -0.1) is 0 Å². The van der Waals surface area contributed by atoms with Gasteiger partial charge in [0.25, 0.3) is 0 Å². The number of benzene rings is 2. The van der Waals surface area contributed by atoms with Gasteiger partial charge < -0.3 is 0 Å². The summed E-state index contributed by atoms with van der Waals surface area (Å²) in [6, 6.07) is 25.0. The zero-order valence-electron chi connectivity index (χ0n) is 7.35. The van der Waals surface area contributed by atoms with Crippen molar-refractivity contribution in [2.24, 2.45) is 0 Å². The molecule has 0 N–H and O–H groups in total. The zero-order valence-corrected chi connectivity index (χ0v) is 11.0. The molecule has 1 heteroatoms. The summed E-state index contributed by atoms with van der Waals surface area (Å²) in [6.07, 6.45) is 0. The number of rotatable bonds is 0. The van der Waals surface area contributed by atoms with Crippen LogP contribution in [-0.2, 0) is 0 Å². The van der Waals surface area contributed by atoms with Crippen LogP contribution in [0.15, 0.2) is 60.7 Å². The summed E-state index contributed by atoms with van der Waals surface area (Å²) in [7, 11) is 0. The summed E-state index contributed by atoms with van der Waals surface area (Å²) in [5.41, 5.74) is 0. The smallest absolute Gasteiger partial charge is 0 e. The molecule has 0 saturated heterocycles. The predicted molar refractivity (Wildman–Crippen MR) is 50.6 cm³/mol. The quantitative estimate of drug-likeness (QED) is 0.655. The minimum absolute atomic E-state index is 0. The Morgan fingerprint density at radius 3 is 0.846 bits per heavy atom. The summed E-state index contributed by atoms with van der Waals surface area (Å²) in [6.45, 7) is 0. The molecule has 2 aromatic carbocycles. The molecule has 0 atom stereocenters. The second-order valence-electron chi connectivity index (χ2n) is 2.15. The molecular formula is C12H10La-2. The van der Waals surface area contributed by atoms with E-state index in [1.165, 1.54) is 0 Å². The number of hydrogen-bond acceptors (Lipinski definition) is 0. The fourth-order valence-corrected chi connectivity index (χ4v) is 0.684. The normalized spacial score (nSPS) is 7.38. The Labute approximate surface area is 108 Å². The van der Waals surface area contributed by atoms with Crippen molar-refractivity contribution in [1.82, 2.24) is 0 Å². The van der Waals surface area contributed by atoms with Crippen LogP contribution in [0.5, 0.6) is 0 Å². The molecule has 2 aromatic rings. The molecule has 0 aromatic heterocycles. The first kappa shape index (κ1) is 12.6. The maximum absolute atomic E-state index is 2.89. The van der Waals surface area contributed by atoms with E-state index in [1.807, 2.05) is 60.7 Å². The Morgan fingerprint density at radius 1 is 0.462 bits per heavy atom. The Morgan fingerprint density at radius 2 is 0.769 bits per heavy atom. The minimum Gasteiger partial charge on any atom is -0.184 e. The van der Waals surface area contributed by atoms with Gasteiger partial charge in [0.2, 0.25) is 0 Å². The third kappa shape index (κ3) is 7.98. The molecule has 0 heterocycles. The zero-order chi connectivity index (χ0) is 8.49. The minimum atomic E-state index is 0. The van der Waals surface area contributed by atoms with Crippen LogP contribution >= 0.6 is 0 Å². The van der Waals surface area contributed by atoms with Gasteiger partial charge in [-0.1, -0.05) is 0 Å². The van der Waals surface area contributed by atoms with Gasteiger partial charge in [-0.25, -0.2) is 0 Å². The maximum Gasteiger partial charge on any atom is 0 e. The van der Waals surface area contributed by atoms with Crippen LogP contribution in [0.4, 0.5) is 0 Å². The van der Waals surface area contributed by atoms with E-state index in [9.17, 15) is 0 Å². The van der Waals surface area contributed by atoms with Gasteiger partial charge in [0.15, 0.2) is 0 Å². The first-order chi connectivity index (χ1) is 6.00. The van der Waals surface area contributed by atoms with E-state index in [1.54, 1.807) is 0 Å². The van der Waals surface area contributed by atoms with Crippen molar-refractivity contribution in [2.75, 3.05) is 0 Å². The van der Waals surface area contributed by atoms with E-state index >= 15 is 0 Å². The van der Waals surface area contributed by atoms with Crippen molar-refractivity contribution in [2.45, 2.75) is 0 Å². The van der Waals surface area contributed by atoms with Crippen molar-refractivity contribution >= 4 is 0 Å². The van der Waals surface area contributed by atoms with Crippen molar-refractivity contribution in [3.8, 4) is 0 Å². The van der Waals surface area contributed by atoms with Crippen LogP contribution in [0.1, 0.15) is 0 Å². The maximum atomic E-state index is 2.89. The topological polar surface area (TPSA) is 0 Å². The fraction of sp³-hybridized carbons (Fsp3) is 0. The van der Waals surface area contributed by atoms with Crippen LogP contribution in [0.2, 0.25) is 0 Å². The summed E-state index contributed by atoms with van der Waals surface area (Å²) < 4.78 is 0. The van der Waals surface area contributed by atoms with Crippen LogP contribution < -0.4 is 0 Å². The van der Waals surface area contributed by atoms with Crippen LogP contribution in [0.25, 0.3) is 0 Å². The Kier molecular flexibility index (Phi) is 9.45. The van der Waals surface area contributed by atoms with E-state index in [0.29, 0.717) is 0 Å². The molecule has 0 spiro atoms. The summed E-state index contributed by atoms with van der Waals surface area (Å²) in [4.78, 5) is 0. The second-order valence-corrected chi connectivity index (χ2v) is 2.15. The van der Waals surface area contributed by atoms with Gasteiger partial charge in [0.1, 0.15) is 0 Å². The average Bonchev–Trinajstić information content (AvgIpc) is 2.24. The van der Waals surface area contributed by atoms with Crippen molar-refractivity contribution in [1.29, 1.82) is 0 Å². The fourth-order valence-electron chi connectivity index (χ4n) is 0.684. The SMILES string of the molecule is [La].[c-]1ccccc1.[c-]1ccccc1. The molecule has 1 radical (unpaired) electrons. The largest absolute Gasteiger partial charge is 0.184 e. The van der Waals surface area contributed by atoms with Gasteiger partial charge in [-0.3, -0.25) is 0 Å². The monoisotopic (exact) mass is 293 g/mol. The first-order valence-electron chi connectivity index (χ1n) is 3.82. The molecule has 0 bridgehead atoms. The van der Waals surface area contributed by atoms with Crippen molar-refractivity contribution < 1.29 is 35.6 Å². The van der Waals surface area contributed by atoms with Gasteiger partial charge in [0, 0.05) is 35.6 Å². The molecular weight excluding hydrogens is 283 g/mol. The standard InChI is InChI=1S/2C6H5.La/c2*1-2-4-6-5-3-1;/h2*1-5H;/q2*-1;. The summed E-state index contributed by atoms with van der Waals surface area (Å²) in [5.74, 6) is 0. The molecule has 0 aliphatic heterocycles. The van der Waals surface area contributed by atoms with E-state index in [4.69, 9.17) is 0 Å². The van der Waals surface area contributed by atoms with Crippen LogP contribution in [0.3, 0.4) is 0 Å². The van der Waals surface area contributed by atoms with Crippen molar-refractivity contribution in [3.05, 3.63) is 72.8 Å². The van der Waals surface area contributed by atoms with Gasteiger partial charge in [-0.05, 0) is 0 Å². The third-order valence-electron chi connectivity index (χ3n) is 1.21. The second kappa shape index (κ2) is 9.72. The molecule has 0 fully saturated rings. The van der Waals surface area contributed by atoms with Crippen LogP contribution in [-0.4, -0.2) is 0 Å². The average molecular weight is 293 g/mol. The molecule has 0 unspecified atom stereocenters. The van der Waals surface area contributed by atoms with E-state index in [-0.39, 0.29) is 35.6 Å². The van der Waals surface area contributed by atoms with E-state index in [0.717, 1.165) is 0 Å². The third-order valence-corrected chi connectivity index (χ3v) is 1.21. The Bertz CT molecular complexity index is 181. The van der Waals surface area contributed by atoms with Gasteiger partial charge >= 0.3 is 0 Å². The molecule has 0 aliphatic carbocycles. The molecule has 0 amide bonds. The summed E-state index contributed by atoms with van der Waals surface area (Å²) >= 11 is 0. The Hall–Kier alpha value is -0.365. The predicted octanol–water partition coefficient (Wildman–Crippen LogP) is 2.97. The summed E-state index contributed by atoms with van der Waals surface area (Å²) in [5, 5.41) is 0. The first-order valence-corrected chi connectivity index (χ1v) is 3.82. The molecule has 13 heavy (non-hydrogen) atoms. The van der Waals surface area contributed by atoms with Crippen molar-refractivity contribution in [3.63, 3.8) is 0 Å². The van der Waals surface area contributed by atoms with Gasteiger partial charge in [-0.2, -0.15) is 72.8 Å². The number of hydrogen-bond donors (Lipinski definition) is 0. The molecule has 0 aliphatic rings. The molecule has 0 saturated carbocycles. The molecule has 2 rings (SSSR count). The van der Waals surface area contributed by atoms with Crippen LogP contribution in [0, 0.1) is 47.7 Å². The van der Waals surface area contributed by atoms with E-state index < -0.39 is 0 Å². The van der Waals surface area contributed by atoms with Gasteiger partial charge in [0.05, 0.1) is 0 Å².